The van der Waals surface area contributed by atoms with Gasteiger partial charge in [-0.1, -0.05) is 5.10 Å². The molecular formula is C14H17N3O6S. The zero-order valence-electron chi connectivity index (χ0n) is 13.6. The number of nitrogens with one attached hydrogen (secondary N) is 1. The van der Waals surface area contributed by atoms with E-state index in [0.29, 0.717) is 17.1 Å². The quantitative estimate of drug-likeness (QED) is 0.814. The molecule has 0 fully saturated rings. The fraction of sp³-hybridized carbons (Fsp3) is 0.357. The highest BCUT2D eigenvalue weighted by Crippen LogP contribution is 2.23. The Hall–Kier alpha value is -2.62. The lowest BCUT2D eigenvalue weighted by Crippen LogP contribution is -2.27. The van der Waals surface area contributed by atoms with E-state index < -0.39 is 27.0 Å². The van der Waals surface area contributed by atoms with Gasteiger partial charge in [0.1, 0.15) is 17.5 Å². The van der Waals surface area contributed by atoms with Gasteiger partial charge in [0.05, 0.1) is 14.2 Å². The van der Waals surface area contributed by atoms with Gasteiger partial charge in [-0.05, 0) is 19.1 Å². The second-order valence-corrected chi connectivity index (χ2v) is 6.87. The van der Waals surface area contributed by atoms with Gasteiger partial charge in [-0.25, -0.2) is 8.42 Å². The first kappa shape index (κ1) is 17.7. The first-order valence-corrected chi connectivity index (χ1v) is 8.71. The molecule has 0 aliphatic rings. The van der Waals surface area contributed by atoms with Crippen molar-refractivity contribution in [3.63, 3.8) is 0 Å². The van der Waals surface area contributed by atoms with E-state index in [9.17, 15) is 13.2 Å². The monoisotopic (exact) mass is 355 g/mol. The SMILES string of the molecule is COc1cc(OC)cc(C(=O)N[C@@H](C)c2nnc(S(C)(=O)=O)o2)c1. The van der Waals surface area contributed by atoms with Crippen LogP contribution in [0.4, 0.5) is 0 Å². The van der Waals surface area contributed by atoms with E-state index in [1.165, 1.54) is 14.2 Å². The molecule has 1 aromatic carbocycles. The number of benzene rings is 1. The second kappa shape index (κ2) is 6.87. The topological polar surface area (TPSA) is 121 Å². The van der Waals surface area contributed by atoms with Crippen LogP contribution in [0, 0.1) is 0 Å². The number of methoxy groups -OCH3 is 2. The Morgan fingerprint density at radius 3 is 2.21 bits per heavy atom. The number of aromatic nitrogens is 2. The van der Waals surface area contributed by atoms with Crippen LogP contribution < -0.4 is 14.8 Å². The molecule has 1 N–H and O–H groups in total. The van der Waals surface area contributed by atoms with E-state index in [2.05, 4.69) is 15.5 Å². The number of amides is 1. The molecule has 1 aromatic heterocycles. The van der Waals surface area contributed by atoms with E-state index in [0.717, 1.165) is 6.26 Å². The number of hydrogen-bond donors (Lipinski definition) is 1. The zero-order valence-corrected chi connectivity index (χ0v) is 14.4. The van der Waals surface area contributed by atoms with Gasteiger partial charge in [-0.15, -0.1) is 5.10 Å². The number of ether oxygens (including phenoxy) is 2. The maximum Gasteiger partial charge on any atom is 0.335 e. The largest absolute Gasteiger partial charge is 0.497 e. The highest BCUT2D eigenvalue weighted by Gasteiger charge is 2.22. The van der Waals surface area contributed by atoms with Crippen molar-refractivity contribution < 1.29 is 27.1 Å². The van der Waals surface area contributed by atoms with Crippen molar-refractivity contribution in [2.24, 2.45) is 0 Å². The summed E-state index contributed by atoms with van der Waals surface area (Å²) in [5.74, 6) is 0.478. The summed E-state index contributed by atoms with van der Waals surface area (Å²) in [6.45, 7) is 1.59. The summed E-state index contributed by atoms with van der Waals surface area (Å²) in [5.41, 5.74) is 0.306. The van der Waals surface area contributed by atoms with Gasteiger partial charge in [0, 0.05) is 17.9 Å². The molecule has 130 valence electrons. The zero-order chi connectivity index (χ0) is 17.9. The summed E-state index contributed by atoms with van der Waals surface area (Å²) in [4.78, 5) is 12.3. The smallest absolute Gasteiger partial charge is 0.335 e. The maximum absolute atomic E-state index is 12.3. The van der Waals surface area contributed by atoms with Gasteiger partial charge in [0.2, 0.25) is 15.7 Å². The molecule has 1 heterocycles. The molecule has 0 spiro atoms. The van der Waals surface area contributed by atoms with Gasteiger partial charge in [0.25, 0.3) is 5.91 Å². The summed E-state index contributed by atoms with van der Waals surface area (Å²) in [6, 6.07) is 4.04. The molecule has 0 unspecified atom stereocenters. The normalized spacial score (nSPS) is 12.5. The van der Waals surface area contributed by atoms with Gasteiger partial charge >= 0.3 is 5.22 Å². The van der Waals surface area contributed by atoms with Crippen molar-refractivity contribution in [3.8, 4) is 11.5 Å². The van der Waals surface area contributed by atoms with Crippen LogP contribution in [0.25, 0.3) is 0 Å². The molecule has 9 nitrogen and oxygen atoms in total. The molecule has 0 saturated heterocycles. The minimum absolute atomic E-state index is 0.0152. The third-order valence-corrected chi connectivity index (χ3v) is 3.87. The Kier molecular flexibility index (Phi) is 5.07. The van der Waals surface area contributed by atoms with Crippen molar-refractivity contribution in [2.45, 2.75) is 18.2 Å². The first-order chi connectivity index (χ1) is 11.2. The fourth-order valence-electron chi connectivity index (χ4n) is 1.83. The lowest BCUT2D eigenvalue weighted by molar-refractivity contribution is 0.0932. The van der Waals surface area contributed by atoms with Crippen LogP contribution in [0.15, 0.2) is 27.8 Å². The summed E-state index contributed by atoms with van der Waals surface area (Å²) in [7, 11) is -0.647. The molecule has 0 aliphatic carbocycles. The molecule has 0 saturated carbocycles. The van der Waals surface area contributed by atoms with Crippen LogP contribution in [0.3, 0.4) is 0 Å². The van der Waals surface area contributed by atoms with E-state index in [-0.39, 0.29) is 5.89 Å². The Morgan fingerprint density at radius 2 is 1.75 bits per heavy atom. The number of rotatable bonds is 6. The van der Waals surface area contributed by atoms with Gasteiger partial charge in [-0.3, -0.25) is 4.79 Å². The fourth-order valence-corrected chi connectivity index (χ4v) is 2.25. The predicted molar refractivity (Wildman–Crippen MR) is 82.8 cm³/mol. The molecule has 0 bridgehead atoms. The van der Waals surface area contributed by atoms with Crippen LogP contribution in [0.5, 0.6) is 11.5 Å². The number of carbonyl (C=O) groups excluding carboxylic acids is 1. The highest BCUT2D eigenvalue weighted by atomic mass is 32.2. The van der Waals surface area contributed by atoms with Crippen LogP contribution in [-0.4, -0.2) is 45.0 Å². The Bertz CT molecular complexity index is 824. The van der Waals surface area contributed by atoms with E-state index >= 15 is 0 Å². The van der Waals surface area contributed by atoms with Crippen molar-refractivity contribution in [3.05, 3.63) is 29.7 Å². The Labute approximate surface area is 138 Å². The van der Waals surface area contributed by atoms with Crippen LogP contribution in [0.2, 0.25) is 0 Å². The molecule has 2 aromatic rings. The van der Waals surface area contributed by atoms with E-state index in [1.807, 2.05) is 0 Å². The highest BCUT2D eigenvalue weighted by molar-refractivity contribution is 7.90. The second-order valence-electron chi connectivity index (χ2n) is 4.97. The standard InChI is InChI=1S/C14H17N3O6S/c1-8(13-16-17-14(23-13)24(4,19)20)15-12(18)9-5-10(21-2)7-11(6-9)22-3/h5-8H,1-4H3,(H,15,18)/t8-/m0/s1. The lowest BCUT2D eigenvalue weighted by atomic mass is 10.1. The third-order valence-electron chi connectivity index (χ3n) is 3.07. The van der Waals surface area contributed by atoms with Crippen molar-refractivity contribution in [2.75, 3.05) is 20.5 Å². The average molecular weight is 355 g/mol. The van der Waals surface area contributed by atoms with E-state index in [4.69, 9.17) is 13.9 Å². The molecule has 1 amide bonds. The molecular weight excluding hydrogens is 338 g/mol. The third kappa shape index (κ3) is 4.02. The number of carbonyl (C=O) groups is 1. The molecule has 0 radical (unpaired) electrons. The van der Waals surface area contributed by atoms with Crippen molar-refractivity contribution >= 4 is 15.7 Å². The van der Waals surface area contributed by atoms with Gasteiger partial charge in [-0.2, -0.15) is 0 Å². The Morgan fingerprint density at radius 1 is 1.17 bits per heavy atom. The Balaban J connectivity index is 2.18. The van der Waals surface area contributed by atoms with Crippen LogP contribution in [-0.2, 0) is 9.84 Å². The number of hydrogen-bond acceptors (Lipinski definition) is 8. The van der Waals surface area contributed by atoms with E-state index in [1.54, 1.807) is 25.1 Å². The number of sulfone groups is 1. The lowest BCUT2D eigenvalue weighted by Gasteiger charge is -2.12. The maximum atomic E-state index is 12.3. The summed E-state index contributed by atoms with van der Waals surface area (Å²) < 4.78 is 38.0. The molecule has 2 rings (SSSR count). The molecule has 10 heteroatoms. The summed E-state index contributed by atoms with van der Waals surface area (Å²) in [5, 5.41) is 9.22. The molecule has 24 heavy (non-hydrogen) atoms. The average Bonchev–Trinajstić information content (AvgIpc) is 3.04. The first-order valence-electron chi connectivity index (χ1n) is 6.82. The minimum atomic E-state index is -3.60. The van der Waals surface area contributed by atoms with Gasteiger partial charge in [0.15, 0.2) is 0 Å². The van der Waals surface area contributed by atoms with Crippen LogP contribution in [0.1, 0.15) is 29.2 Å². The summed E-state index contributed by atoms with van der Waals surface area (Å²) >= 11 is 0. The van der Waals surface area contributed by atoms with Crippen LogP contribution >= 0.6 is 0 Å². The minimum Gasteiger partial charge on any atom is -0.497 e. The summed E-state index contributed by atoms with van der Waals surface area (Å²) in [6.07, 6.45) is 0.954. The van der Waals surface area contributed by atoms with Crippen molar-refractivity contribution in [1.82, 2.24) is 15.5 Å². The molecule has 1 atom stereocenters. The van der Waals surface area contributed by atoms with Gasteiger partial charge < -0.3 is 19.2 Å². The predicted octanol–water partition coefficient (Wildman–Crippen LogP) is 0.981. The number of nitrogens with zero attached hydrogens (tertiary/aromatic N) is 2. The molecule has 0 aliphatic heterocycles. The van der Waals surface area contributed by atoms with Crippen molar-refractivity contribution in [1.29, 1.82) is 0 Å².